The van der Waals surface area contributed by atoms with Gasteiger partial charge >= 0.3 is 0 Å². The molecule has 1 atom stereocenters. The molecule has 1 unspecified atom stereocenters. The first kappa shape index (κ1) is 14.8. The minimum Gasteiger partial charge on any atom is -0.392 e. The molecule has 0 aromatic carbocycles. The standard InChI is InChI=1S/C15H26N2OS/c1-11(10-12-6-7-12)17-14(18)15(13(16)19)8-4-2-3-5-9-15/h11-12H,2-10H2,1H3,(H2,16,19)(H,17,18). The number of amides is 1. The highest BCUT2D eigenvalue weighted by Crippen LogP contribution is 2.37. The third-order valence-electron chi connectivity index (χ3n) is 4.62. The van der Waals surface area contributed by atoms with Gasteiger partial charge in [-0.25, -0.2) is 0 Å². The van der Waals surface area contributed by atoms with Crippen LogP contribution in [0.25, 0.3) is 0 Å². The van der Waals surface area contributed by atoms with E-state index < -0.39 is 5.41 Å². The molecular formula is C15H26N2OS. The van der Waals surface area contributed by atoms with Crippen LogP contribution in [0.4, 0.5) is 0 Å². The molecule has 2 aliphatic rings. The molecule has 0 saturated heterocycles. The van der Waals surface area contributed by atoms with Gasteiger partial charge in [0.25, 0.3) is 0 Å². The average Bonchev–Trinajstić information content (AvgIpc) is 3.14. The quantitative estimate of drug-likeness (QED) is 0.602. The maximum absolute atomic E-state index is 12.6. The number of carbonyl (C=O) groups excluding carboxylic acids is 1. The summed E-state index contributed by atoms with van der Waals surface area (Å²) in [6, 6.07) is 0.245. The monoisotopic (exact) mass is 282 g/mol. The summed E-state index contributed by atoms with van der Waals surface area (Å²) in [5, 5.41) is 3.16. The SMILES string of the molecule is CC(CC1CC1)NC(=O)C1(C(N)=S)CCCCCC1. The summed E-state index contributed by atoms with van der Waals surface area (Å²) in [7, 11) is 0. The van der Waals surface area contributed by atoms with Crippen LogP contribution in [0.2, 0.25) is 0 Å². The average molecular weight is 282 g/mol. The molecule has 3 nitrogen and oxygen atoms in total. The molecule has 2 aliphatic carbocycles. The van der Waals surface area contributed by atoms with E-state index in [2.05, 4.69) is 12.2 Å². The number of hydrogen-bond acceptors (Lipinski definition) is 2. The predicted octanol–water partition coefficient (Wildman–Crippen LogP) is 2.92. The van der Waals surface area contributed by atoms with Gasteiger partial charge in [-0.3, -0.25) is 4.79 Å². The Morgan fingerprint density at radius 1 is 1.32 bits per heavy atom. The van der Waals surface area contributed by atoms with Crippen molar-refractivity contribution < 1.29 is 4.79 Å². The number of thiocarbonyl (C=S) groups is 1. The predicted molar refractivity (Wildman–Crippen MR) is 81.9 cm³/mol. The molecule has 2 fully saturated rings. The van der Waals surface area contributed by atoms with Crippen LogP contribution in [0.5, 0.6) is 0 Å². The van der Waals surface area contributed by atoms with E-state index in [1.165, 1.54) is 25.7 Å². The number of nitrogens with two attached hydrogens (primary N) is 1. The molecule has 19 heavy (non-hydrogen) atoms. The van der Waals surface area contributed by atoms with Gasteiger partial charge in [0.2, 0.25) is 5.91 Å². The summed E-state index contributed by atoms with van der Waals surface area (Å²) in [5.74, 6) is 0.903. The molecule has 0 heterocycles. The second kappa shape index (κ2) is 6.21. The lowest BCUT2D eigenvalue weighted by molar-refractivity contribution is -0.128. The highest BCUT2D eigenvalue weighted by Gasteiger charge is 2.42. The van der Waals surface area contributed by atoms with Crippen LogP contribution in [0, 0.1) is 11.3 Å². The Morgan fingerprint density at radius 2 is 1.89 bits per heavy atom. The van der Waals surface area contributed by atoms with Crippen LogP contribution in [-0.2, 0) is 4.79 Å². The van der Waals surface area contributed by atoms with E-state index in [9.17, 15) is 4.79 Å². The minimum absolute atomic E-state index is 0.0788. The van der Waals surface area contributed by atoms with Gasteiger partial charge in [-0.2, -0.15) is 0 Å². The van der Waals surface area contributed by atoms with Gasteiger partial charge in [-0.1, -0.05) is 50.7 Å². The molecule has 2 rings (SSSR count). The first-order valence-electron chi connectivity index (χ1n) is 7.65. The van der Waals surface area contributed by atoms with E-state index >= 15 is 0 Å². The molecular weight excluding hydrogens is 256 g/mol. The fourth-order valence-corrected chi connectivity index (χ4v) is 3.49. The molecule has 1 amide bonds. The fourth-order valence-electron chi connectivity index (χ4n) is 3.19. The molecule has 0 aromatic rings. The van der Waals surface area contributed by atoms with Gasteiger partial charge in [0.05, 0.1) is 10.4 Å². The van der Waals surface area contributed by atoms with Crippen molar-refractivity contribution in [3.05, 3.63) is 0 Å². The largest absolute Gasteiger partial charge is 0.392 e. The van der Waals surface area contributed by atoms with E-state index in [1.54, 1.807) is 0 Å². The smallest absolute Gasteiger partial charge is 0.233 e. The maximum Gasteiger partial charge on any atom is 0.233 e. The summed E-state index contributed by atoms with van der Waals surface area (Å²) >= 11 is 5.23. The highest BCUT2D eigenvalue weighted by molar-refractivity contribution is 7.80. The third-order valence-corrected chi connectivity index (χ3v) is 5.02. The molecule has 2 saturated carbocycles. The normalized spacial score (nSPS) is 24.3. The molecule has 0 spiro atoms. The Bertz CT molecular complexity index is 344. The zero-order valence-corrected chi connectivity index (χ0v) is 12.7. The van der Waals surface area contributed by atoms with Gasteiger partial charge in [0.1, 0.15) is 0 Å². The first-order valence-corrected chi connectivity index (χ1v) is 8.06. The van der Waals surface area contributed by atoms with Crippen molar-refractivity contribution in [2.45, 2.75) is 70.8 Å². The molecule has 0 aromatic heterocycles. The van der Waals surface area contributed by atoms with Crippen LogP contribution in [0.1, 0.15) is 64.7 Å². The van der Waals surface area contributed by atoms with Crippen molar-refractivity contribution in [1.82, 2.24) is 5.32 Å². The second-order valence-corrected chi connectivity index (χ2v) is 6.85. The van der Waals surface area contributed by atoms with Crippen molar-refractivity contribution in [3.63, 3.8) is 0 Å². The molecule has 108 valence electrons. The Morgan fingerprint density at radius 3 is 2.37 bits per heavy atom. The summed E-state index contributed by atoms with van der Waals surface area (Å²) in [6.45, 7) is 2.10. The second-order valence-electron chi connectivity index (χ2n) is 6.41. The minimum atomic E-state index is -0.580. The van der Waals surface area contributed by atoms with Crippen molar-refractivity contribution in [1.29, 1.82) is 0 Å². The summed E-state index contributed by atoms with van der Waals surface area (Å²) in [4.78, 5) is 13.0. The number of carbonyl (C=O) groups is 1. The summed E-state index contributed by atoms with van der Waals surface area (Å²) in [5.41, 5.74) is 5.35. The van der Waals surface area contributed by atoms with Gasteiger partial charge in [-0.15, -0.1) is 0 Å². The van der Waals surface area contributed by atoms with Gasteiger partial charge in [-0.05, 0) is 32.1 Å². The summed E-state index contributed by atoms with van der Waals surface area (Å²) < 4.78 is 0. The van der Waals surface area contributed by atoms with Gasteiger partial charge in [0.15, 0.2) is 0 Å². The van der Waals surface area contributed by atoms with Crippen LogP contribution in [0.3, 0.4) is 0 Å². The highest BCUT2D eigenvalue weighted by atomic mass is 32.1. The molecule has 3 N–H and O–H groups in total. The zero-order chi connectivity index (χ0) is 13.9. The lowest BCUT2D eigenvalue weighted by Crippen LogP contribution is -2.51. The van der Waals surface area contributed by atoms with Crippen molar-refractivity contribution in [3.8, 4) is 0 Å². The Labute approximate surface area is 121 Å². The molecule has 0 aliphatic heterocycles. The molecule has 4 heteroatoms. The topological polar surface area (TPSA) is 55.1 Å². The fraction of sp³-hybridized carbons (Fsp3) is 0.867. The van der Waals surface area contributed by atoms with Crippen LogP contribution in [0.15, 0.2) is 0 Å². The lowest BCUT2D eigenvalue weighted by atomic mass is 9.79. The first-order chi connectivity index (χ1) is 9.04. The third kappa shape index (κ3) is 3.68. The van der Waals surface area contributed by atoms with Crippen molar-refractivity contribution in [2.24, 2.45) is 17.1 Å². The van der Waals surface area contributed by atoms with Crippen molar-refractivity contribution >= 4 is 23.1 Å². The number of nitrogens with one attached hydrogen (secondary N) is 1. The maximum atomic E-state index is 12.6. The van der Waals surface area contributed by atoms with E-state index in [0.717, 1.165) is 38.0 Å². The molecule has 0 radical (unpaired) electrons. The summed E-state index contributed by atoms with van der Waals surface area (Å²) in [6.07, 6.45) is 9.88. The van der Waals surface area contributed by atoms with Gasteiger partial charge < -0.3 is 11.1 Å². The van der Waals surface area contributed by atoms with Crippen molar-refractivity contribution in [2.75, 3.05) is 0 Å². The Balaban J connectivity index is 1.99. The van der Waals surface area contributed by atoms with Crippen LogP contribution < -0.4 is 11.1 Å². The van der Waals surface area contributed by atoms with E-state index in [1.807, 2.05) is 0 Å². The zero-order valence-electron chi connectivity index (χ0n) is 11.9. The van der Waals surface area contributed by atoms with E-state index in [0.29, 0.717) is 4.99 Å². The van der Waals surface area contributed by atoms with Crippen LogP contribution in [-0.4, -0.2) is 16.9 Å². The lowest BCUT2D eigenvalue weighted by Gasteiger charge is -2.31. The Kier molecular flexibility index (Phi) is 4.82. The van der Waals surface area contributed by atoms with Crippen LogP contribution >= 0.6 is 12.2 Å². The number of rotatable bonds is 5. The van der Waals surface area contributed by atoms with E-state index in [-0.39, 0.29) is 11.9 Å². The Hall–Kier alpha value is -0.640. The number of hydrogen-bond donors (Lipinski definition) is 2. The van der Waals surface area contributed by atoms with Gasteiger partial charge in [0, 0.05) is 6.04 Å². The molecule has 0 bridgehead atoms. The van der Waals surface area contributed by atoms with E-state index in [4.69, 9.17) is 18.0 Å².